The summed E-state index contributed by atoms with van der Waals surface area (Å²) in [7, 11) is -2.54. The molecule has 0 aliphatic carbocycles. The number of nitrogens with zero attached hydrogens (tertiary/aromatic N) is 5. The molecule has 4 rings (SSSR count). The first-order valence-electron chi connectivity index (χ1n) is 10.5. The molecule has 1 aliphatic rings. The normalized spacial score (nSPS) is 19.5. The van der Waals surface area contributed by atoms with Crippen molar-refractivity contribution in [2.24, 2.45) is 0 Å². The van der Waals surface area contributed by atoms with E-state index in [0.29, 0.717) is 35.4 Å². The highest BCUT2D eigenvalue weighted by molar-refractivity contribution is 7.48. The van der Waals surface area contributed by atoms with Crippen LogP contribution in [0.4, 0.5) is 5.82 Å². The number of nitrogens with one attached hydrogen (secondary N) is 1. The van der Waals surface area contributed by atoms with Crippen LogP contribution in [0.1, 0.15) is 35.8 Å². The van der Waals surface area contributed by atoms with Gasteiger partial charge in [0.15, 0.2) is 17.0 Å². The van der Waals surface area contributed by atoms with Gasteiger partial charge in [-0.15, -0.1) is 0 Å². The number of ether oxygens (including phenoxy) is 1. The van der Waals surface area contributed by atoms with Crippen LogP contribution in [0.2, 0.25) is 0 Å². The summed E-state index contributed by atoms with van der Waals surface area (Å²) in [6, 6.07) is 10.7. The molecule has 3 atom stereocenters. The first-order chi connectivity index (χ1) is 16.5. The standard InChI is InChI=1S/C21H23N6O6P/c1-30-34(29,31-11-5-10-22)32-12-16-8-9-17(33-16)27-14-25-18-19(23-13-24-20(18)27)26-21(28)15-6-3-2-4-7-15/h2-4,6-7,13-14,16-17H,5,8-9,11-12H2,1H3,(H,23,24,26,28)/t16-,17+,34?/m0/s1. The maximum atomic E-state index is 12.5. The van der Waals surface area contributed by atoms with Gasteiger partial charge in [0.05, 0.1) is 38.1 Å². The van der Waals surface area contributed by atoms with Gasteiger partial charge in [-0.05, 0) is 25.0 Å². The van der Waals surface area contributed by atoms with Gasteiger partial charge in [-0.2, -0.15) is 5.26 Å². The minimum absolute atomic E-state index is 0.00579. The van der Waals surface area contributed by atoms with E-state index < -0.39 is 7.82 Å². The molecule has 3 aromatic rings. The molecule has 1 aromatic carbocycles. The molecule has 0 radical (unpaired) electrons. The van der Waals surface area contributed by atoms with E-state index in [1.54, 1.807) is 35.2 Å². The summed E-state index contributed by atoms with van der Waals surface area (Å²) in [6.45, 7) is -0.0617. The van der Waals surface area contributed by atoms with Crippen LogP contribution in [0.15, 0.2) is 43.0 Å². The number of hydrogen-bond acceptors (Lipinski definition) is 10. The van der Waals surface area contributed by atoms with Gasteiger partial charge >= 0.3 is 7.82 Å². The maximum absolute atomic E-state index is 12.5. The van der Waals surface area contributed by atoms with E-state index in [1.165, 1.54) is 13.4 Å². The third-order valence-electron chi connectivity index (χ3n) is 5.13. The van der Waals surface area contributed by atoms with Gasteiger partial charge in [0.1, 0.15) is 12.6 Å². The summed E-state index contributed by atoms with van der Waals surface area (Å²) < 4.78 is 35.5. The Morgan fingerprint density at radius 2 is 2.09 bits per heavy atom. The van der Waals surface area contributed by atoms with Gasteiger partial charge in [-0.1, -0.05) is 18.2 Å². The van der Waals surface area contributed by atoms with Crippen molar-refractivity contribution < 1.29 is 27.7 Å². The fourth-order valence-electron chi connectivity index (χ4n) is 3.46. The first-order valence-corrected chi connectivity index (χ1v) is 12.0. The Hall–Kier alpha value is -3.20. The van der Waals surface area contributed by atoms with Gasteiger partial charge in [0, 0.05) is 12.7 Å². The van der Waals surface area contributed by atoms with Crippen molar-refractivity contribution in [2.75, 3.05) is 25.6 Å². The highest BCUT2D eigenvalue weighted by Gasteiger charge is 2.32. The first kappa shape index (κ1) is 23.9. The lowest BCUT2D eigenvalue weighted by molar-refractivity contribution is -0.0232. The highest BCUT2D eigenvalue weighted by atomic mass is 31.2. The van der Waals surface area contributed by atoms with Crippen molar-refractivity contribution in [2.45, 2.75) is 31.6 Å². The number of imidazole rings is 1. The summed E-state index contributed by atoms with van der Waals surface area (Å²) in [4.78, 5) is 25.4. The Morgan fingerprint density at radius 1 is 1.26 bits per heavy atom. The Bertz CT molecular complexity index is 1230. The Labute approximate surface area is 195 Å². The van der Waals surface area contributed by atoms with Crippen LogP contribution in [-0.2, 0) is 22.9 Å². The Kier molecular flexibility index (Phi) is 7.62. The average Bonchev–Trinajstić information content (AvgIpc) is 3.51. The zero-order valence-corrected chi connectivity index (χ0v) is 19.3. The largest absolute Gasteiger partial charge is 0.474 e. The van der Waals surface area contributed by atoms with Crippen LogP contribution in [0.25, 0.3) is 11.2 Å². The molecule has 0 spiro atoms. The Balaban J connectivity index is 1.41. The van der Waals surface area contributed by atoms with E-state index in [1.807, 2.05) is 12.1 Å². The number of aromatic nitrogens is 4. The summed E-state index contributed by atoms with van der Waals surface area (Å²) in [5.74, 6) is -0.00456. The molecule has 1 aliphatic heterocycles. The second-order valence-electron chi connectivity index (χ2n) is 7.32. The van der Waals surface area contributed by atoms with Crippen molar-refractivity contribution in [1.82, 2.24) is 19.5 Å². The molecule has 178 valence electrons. The number of fused-ring (bicyclic) bond motifs is 1. The average molecular weight is 486 g/mol. The fourth-order valence-corrected chi connectivity index (χ4v) is 4.41. The van der Waals surface area contributed by atoms with E-state index in [-0.39, 0.29) is 37.9 Å². The number of phosphoric acid groups is 1. The van der Waals surface area contributed by atoms with Gasteiger partial charge in [-0.3, -0.25) is 22.9 Å². The second-order valence-corrected chi connectivity index (χ2v) is 9.10. The maximum Gasteiger partial charge on any atom is 0.474 e. The molecule has 1 fully saturated rings. The molecule has 0 bridgehead atoms. The molecule has 34 heavy (non-hydrogen) atoms. The zero-order chi connectivity index (χ0) is 24.0. The third kappa shape index (κ3) is 5.47. The lowest BCUT2D eigenvalue weighted by atomic mass is 10.2. The number of benzene rings is 1. The van der Waals surface area contributed by atoms with Crippen molar-refractivity contribution in [1.29, 1.82) is 5.26 Å². The molecular weight excluding hydrogens is 463 g/mol. The number of carbonyl (C=O) groups excluding carboxylic acids is 1. The van der Waals surface area contributed by atoms with Crippen molar-refractivity contribution >= 4 is 30.7 Å². The molecule has 3 heterocycles. The van der Waals surface area contributed by atoms with Crippen LogP contribution >= 0.6 is 7.82 Å². The summed E-state index contributed by atoms with van der Waals surface area (Å²) in [5, 5.41) is 11.4. The van der Waals surface area contributed by atoms with E-state index in [9.17, 15) is 9.36 Å². The molecule has 1 amide bonds. The van der Waals surface area contributed by atoms with Crippen LogP contribution < -0.4 is 5.32 Å². The molecular formula is C21H23N6O6P. The SMILES string of the molecule is COP(=O)(OCCC#N)OC[C@@H]1CC[C@H](n2cnc3c(NC(=O)c4ccccc4)ncnc32)O1. The number of anilines is 1. The third-order valence-corrected chi connectivity index (χ3v) is 6.54. The van der Waals surface area contributed by atoms with Crippen molar-refractivity contribution in [3.8, 4) is 6.07 Å². The minimum Gasteiger partial charge on any atom is -0.352 e. The molecule has 1 N–H and O–H groups in total. The quantitative estimate of drug-likeness (QED) is 0.333. The molecule has 13 heteroatoms. The van der Waals surface area contributed by atoms with Gasteiger partial charge in [-0.25, -0.2) is 19.5 Å². The highest BCUT2D eigenvalue weighted by Crippen LogP contribution is 2.49. The lowest BCUT2D eigenvalue weighted by Crippen LogP contribution is -2.17. The minimum atomic E-state index is -3.76. The zero-order valence-electron chi connectivity index (χ0n) is 18.4. The number of phosphoric ester groups is 1. The van der Waals surface area contributed by atoms with Crippen LogP contribution in [-0.4, -0.2) is 51.9 Å². The molecule has 0 saturated carbocycles. The molecule has 1 unspecified atom stereocenters. The molecule has 1 saturated heterocycles. The number of amides is 1. The van der Waals surface area contributed by atoms with Crippen LogP contribution in [0.3, 0.4) is 0 Å². The van der Waals surface area contributed by atoms with E-state index in [2.05, 4.69) is 20.3 Å². The predicted octanol–water partition coefficient (Wildman–Crippen LogP) is 3.46. The second kappa shape index (κ2) is 10.8. The molecule has 12 nitrogen and oxygen atoms in total. The Morgan fingerprint density at radius 3 is 2.85 bits per heavy atom. The summed E-state index contributed by atoms with van der Waals surface area (Å²) >= 11 is 0. The predicted molar refractivity (Wildman–Crippen MR) is 120 cm³/mol. The molecule has 2 aromatic heterocycles. The van der Waals surface area contributed by atoms with Crippen molar-refractivity contribution in [3.63, 3.8) is 0 Å². The van der Waals surface area contributed by atoms with Gasteiger partial charge < -0.3 is 10.1 Å². The number of hydrogen-bond donors (Lipinski definition) is 1. The topological polar surface area (TPSA) is 150 Å². The number of nitriles is 1. The van der Waals surface area contributed by atoms with E-state index in [4.69, 9.17) is 23.6 Å². The van der Waals surface area contributed by atoms with Gasteiger partial charge in [0.2, 0.25) is 0 Å². The van der Waals surface area contributed by atoms with Crippen LogP contribution in [0.5, 0.6) is 0 Å². The number of rotatable bonds is 10. The van der Waals surface area contributed by atoms with E-state index >= 15 is 0 Å². The fraction of sp³-hybridized carbons (Fsp3) is 0.381. The monoisotopic (exact) mass is 486 g/mol. The lowest BCUT2D eigenvalue weighted by Gasteiger charge is -2.19. The summed E-state index contributed by atoms with van der Waals surface area (Å²) in [5.41, 5.74) is 1.44. The van der Waals surface area contributed by atoms with E-state index in [0.717, 1.165) is 0 Å². The van der Waals surface area contributed by atoms with Gasteiger partial charge in [0.25, 0.3) is 5.91 Å². The summed E-state index contributed by atoms with van der Waals surface area (Å²) in [6.07, 6.45) is 3.54. The number of carbonyl (C=O) groups is 1. The van der Waals surface area contributed by atoms with Crippen molar-refractivity contribution in [3.05, 3.63) is 48.5 Å². The smallest absolute Gasteiger partial charge is 0.352 e. The van der Waals surface area contributed by atoms with Crippen LogP contribution in [0, 0.1) is 11.3 Å².